The Morgan fingerprint density at radius 1 is 1.41 bits per heavy atom. The minimum atomic E-state index is -0.264. The van der Waals surface area contributed by atoms with Crippen molar-refractivity contribution < 1.29 is 14.2 Å². The van der Waals surface area contributed by atoms with E-state index in [0.29, 0.717) is 0 Å². The molecule has 1 unspecified atom stereocenters. The maximum atomic E-state index is 5.85. The fourth-order valence-corrected chi connectivity index (χ4v) is 1.88. The van der Waals surface area contributed by atoms with Crippen LogP contribution in [0.15, 0.2) is 36.9 Å². The normalized spacial score (nSPS) is 24.3. The second kappa shape index (κ2) is 5.84. The fraction of sp³-hybridized carbons (Fsp3) is 0.429. The molecule has 92 valence electrons. The monoisotopic (exact) mass is 234 g/mol. The summed E-state index contributed by atoms with van der Waals surface area (Å²) in [5.74, 6) is 0.840. The molecular weight excluding hydrogens is 216 g/mol. The van der Waals surface area contributed by atoms with Crippen LogP contribution in [0.4, 0.5) is 0 Å². The van der Waals surface area contributed by atoms with Crippen LogP contribution in [0.5, 0.6) is 5.75 Å². The van der Waals surface area contributed by atoms with Gasteiger partial charge in [0.15, 0.2) is 6.29 Å². The van der Waals surface area contributed by atoms with Crippen LogP contribution < -0.4 is 4.74 Å². The van der Waals surface area contributed by atoms with E-state index in [4.69, 9.17) is 14.2 Å². The Balaban J connectivity index is 2.02. The lowest BCUT2D eigenvalue weighted by molar-refractivity contribution is -0.216. The molecule has 1 aliphatic rings. The van der Waals surface area contributed by atoms with Crippen LogP contribution in [0, 0.1) is 0 Å². The van der Waals surface area contributed by atoms with Gasteiger partial charge in [-0.1, -0.05) is 18.2 Å². The summed E-state index contributed by atoms with van der Waals surface area (Å²) < 4.78 is 16.6. The van der Waals surface area contributed by atoms with E-state index in [1.54, 1.807) is 7.11 Å². The van der Waals surface area contributed by atoms with Crippen molar-refractivity contribution >= 4 is 0 Å². The molecule has 0 N–H and O–H groups in total. The molecule has 0 bridgehead atoms. The van der Waals surface area contributed by atoms with Gasteiger partial charge in [-0.15, -0.1) is 6.58 Å². The lowest BCUT2D eigenvalue weighted by Crippen LogP contribution is -2.26. The molecule has 1 fully saturated rings. The summed E-state index contributed by atoms with van der Waals surface area (Å²) >= 11 is 0. The molecule has 0 radical (unpaired) electrons. The van der Waals surface area contributed by atoms with Crippen molar-refractivity contribution in [2.75, 3.05) is 13.7 Å². The van der Waals surface area contributed by atoms with E-state index < -0.39 is 0 Å². The summed E-state index contributed by atoms with van der Waals surface area (Å²) in [4.78, 5) is 0. The van der Waals surface area contributed by atoms with Gasteiger partial charge in [-0.3, -0.25) is 0 Å². The molecule has 1 aliphatic heterocycles. The first-order valence-electron chi connectivity index (χ1n) is 5.85. The van der Waals surface area contributed by atoms with E-state index in [1.165, 1.54) is 0 Å². The molecule has 3 nitrogen and oxygen atoms in total. The molecule has 0 aromatic heterocycles. The lowest BCUT2D eigenvalue weighted by atomic mass is 10.1. The Kier molecular flexibility index (Phi) is 4.18. The summed E-state index contributed by atoms with van der Waals surface area (Å²) in [7, 11) is 1.66. The zero-order chi connectivity index (χ0) is 12.1. The average Bonchev–Trinajstić information content (AvgIpc) is 2.40. The van der Waals surface area contributed by atoms with Crippen molar-refractivity contribution in [1.29, 1.82) is 0 Å². The van der Waals surface area contributed by atoms with Gasteiger partial charge in [0.05, 0.1) is 19.8 Å². The highest BCUT2D eigenvalue weighted by atomic mass is 16.7. The van der Waals surface area contributed by atoms with Gasteiger partial charge in [0, 0.05) is 5.56 Å². The molecule has 0 saturated carbocycles. The molecule has 1 aromatic carbocycles. The summed E-state index contributed by atoms with van der Waals surface area (Å²) in [6.45, 7) is 4.47. The van der Waals surface area contributed by atoms with Gasteiger partial charge in [0.25, 0.3) is 0 Å². The number of rotatable bonds is 4. The molecule has 0 spiro atoms. The van der Waals surface area contributed by atoms with E-state index >= 15 is 0 Å². The summed E-state index contributed by atoms with van der Waals surface area (Å²) in [6.07, 6.45) is 3.64. The Labute approximate surface area is 102 Å². The second-order valence-electron chi connectivity index (χ2n) is 4.05. The van der Waals surface area contributed by atoms with E-state index in [9.17, 15) is 0 Å². The third-order valence-corrected chi connectivity index (χ3v) is 2.84. The lowest BCUT2D eigenvalue weighted by Gasteiger charge is -2.30. The quantitative estimate of drug-likeness (QED) is 0.749. The van der Waals surface area contributed by atoms with E-state index in [1.807, 2.05) is 30.3 Å². The van der Waals surface area contributed by atoms with Gasteiger partial charge in [-0.2, -0.15) is 0 Å². The third-order valence-electron chi connectivity index (χ3n) is 2.84. The SMILES string of the molecule is C=CC[C@H]1CCOC(c2ccc(OC)cc2)O1. The van der Waals surface area contributed by atoms with E-state index in [2.05, 4.69) is 6.58 Å². The first-order chi connectivity index (χ1) is 8.33. The second-order valence-corrected chi connectivity index (χ2v) is 4.05. The van der Waals surface area contributed by atoms with Gasteiger partial charge < -0.3 is 14.2 Å². The number of hydrogen-bond acceptors (Lipinski definition) is 3. The van der Waals surface area contributed by atoms with Crippen LogP contribution in [0.2, 0.25) is 0 Å². The largest absolute Gasteiger partial charge is 0.497 e. The van der Waals surface area contributed by atoms with Crippen molar-refractivity contribution in [1.82, 2.24) is 0 Å². The highest BCUT2D eigenvalue weighted by Crippen LogP contribution is 2.28. The number of hydrogen-bond donors (Lipinski definition) is 0. The number of ether oxygens (including phenoxy) is 3. The van der Waals surface area contributed by atoms with Crippen molar-refractivity contribution in [2.45, 2.75) is 25.2 Å². The Bertz CT molecular complexity index is 358. The first-order valence-corrected chi connectivity index (χ1v) is 5.85. The standard InChI is InChI=1S/C14H18O3/c1-3-4-13-9-10-16-14(17-13)11-5-7-12(15-2)8-6-11/h3,5-8,13-14H,1,4,9-10H2,2H3/t13-,14?/m0/s1. The Morgan fingerprint density at radius 2 is 2.18 bits per heavy atom. The summed E-state index contributed by atoms with van der Waals surface area (Å²) in [5.41, 5.74) is 1.03. The molecule has 17 heavy (non-hydrogen) atoms. The fourth-order valence-electron chi connectivity index (χ4n) is 1.88. The molecule has 0 amide bonds. The molecule has 1 heterocycles. The topological polar surface area (TPSA) is 27.7 Å². The molecule has 1 aromatic rings. The zero-order valence-electron chi connectivity index (χ0n) is 10.1. The number of methoxy groups -OCH3 is 1. The van der Waals surface area contributed by atoms with Crippen LogP contribution in [0.3, 0.4) is 0 Å². The van der Waals surface area contributed by atoms with Gasteiger partial charge in [-0.05, 0) is 25.0 Å². The minimum absolute atomic E-state index is 0.216. The van der Waals surface area contributed by atoms with Gasteiger partial charge in [-0.25, -0.2) is 0 Å². The molecule has 3 heteroatoms. The smallest absolute Gasteiger partial charge is 0.184 e. The average molecular weight is 234 g/mol. The maximum absolute atomic E-state index is 5.85. The van der Waals surface area contributed by atoms with Gasteiger partial charge in [0.1, 0.15) is 5.75 Å². The van der Waals surface area contributed by atoms with Crippen molar-refractivity contribution in [3.8, 4) is 5.75 Å². The minimum Gasteiger partial charge on any atom is -0.497 e. The highest BCUT2D eigenvalue weighted by Gasteiger charge is 2.23. The van der Waals surface area contributed by atoms with Crippen LogP contribution in [-0.2, 0) is 9.47 Å². The maximum Gasteiger partial charge on any atom is 0.184 e. The van der Waals surface area contributed by atoms with Crippen molar-refractivity contribution in [2.24, 2.45) is 0 Å². The Hall–Kier alpha value is -1.32. The predicted octanol–water partition coefficient (Wildman–Crippen LogP) is 3.08. The molecule has 1 saturated heterocycles. The van der Waals surface area contributed by atoms with Crippen LogP contribution in [0.1, 0.15) is 24.7 Å². The zero-order valence-corrected chi connectivity index (χ0v) is 10.1. The molecule has 2 atom stereocenters. The van der Waals surface area contributed by atoms with E-state index in [0.717, 1.165) is 30.8 Å². The van der Waals surface area contributed by atoms with Gasteiger partial charge in [0.2, 0.25) is 0 Å². The van der Waals surface area contributed by atoms with Crippen LogP contribution in [-0.4, -0.2) is 19.8 Å². The Morgan fingerprint density at radius 3 is 2.82 bits per heavy atom. The van der Waals surface area contributed by atoms with Gasteiger partial charge >= 0.3 is 0 Å². The molecule has 0 aliphatic carbocycles. The van der Waals surface area contributed by atoms with Crippen molar-refractivity contribution in [3.63, 3.8) is 0 Å². The predicted molar refractivity (Wildman–Crippen MR) is 66.0 cm³/mol. The summed E-state index contributed by atoms with van der Waals surface area (Å²) in [5, 5.41) is 0. The van der Waals surface area contributed by atoms with Crippen LogP contribution in [0.25, 0.3) is 0 Å². The molecule has 2 rings (SSSR count). The number of benzene rings is 1. The highest BCUT2D eigenvalue weighted by molar-refractivity contribution is 5.27. The van der Waals surface area contributed by atoms with Crippen LogP contribution >= 0.6 is 0 Å². The first kappa shape index (κ1) is 12.1. The summed E-state index contributed by atoms with van der Waals surface area (Å²) in [6, 6.07) is 7.78. The van der Waals surface area contributed by atoms with Crippen molar-refractivity contribution in [3.05, 3.63) is 42.5 Å². The van der Waals surface area contributed by atoms with E-state index in [-0.39, 0.29) is 12.4 Å². The third kappa shape index (κ3) is 3.08. The molecular formula is C14H18O3.